The minimum Gasteiger partial charge on any atom is -0.381 e. The van der Waals surface area contributed by atoms with Gasteiger partial charge in [0.15, 0.2) is 28.2 Å². The second-order valence-corrected chi connectivity index (χ2v) is 10.7. The average Bonchev–Trinajstić information content (AvgIpc) is 3.25. The predicted molar refractivity (Wildman–Crippen MR) is 132 cm³/mol. The number of thioether (sulfide) groups is 1. The zero-order valence-electron chi connectivity index (χ0n) is 19.8. The molecule has 6 rings (SSSR count). The number of carbonyl (C=O) groups is 2. The average molecular weight is 509 g/mol. The summed E-state index contributed by atoms with van der Waals surface area (Å²) >= 11 is 0.821. The molecule has 3 fully saturated rings. The standard InChI is InChI=1S/C26H24N2O7S/c1-14-8-4-6-10-17(14)19(29)21(31)26-24(34,20(30)18-11-7-5-9-15(18)2)13-25(35-26,36-26)28-12-16(3)22(32)27-23(28)33/h4-12,21,31,34H,13H2,1-3H3,(H,27,32,33)/t21?,24-,25+,26+/m1/s1. The molecule has 0 radical (unpaired) electrons. The normalized spacial score (nSPS) is 27.4. The van der Waals surface area contributed by atoms with Crippen molar-refractivity contribution in [2.75, 3.05) is 0 Å². The molecule has 3 aliphatic rings. The second kappa shape index (κ2) is 8.10. The molecule has 3 aliphatic heterocycles. The Bertz CT molecular complexity index is 1540. The van der Waals surface area contributed by atoms with E-state index >= 15 is 0 Å². The number of fused-ring (bicyclic) bond motifs is 1. The number of hydrogen-bond acceptors (Lipinski definition) is 8. The highest BCUT2D eigenvalue weighted by molar-refractivity contribution is 8.02. The molecular weight excluding hydrogens is 484 g/mol. The molecule has 36 heavy (non-hydrogen) atoms. The summed E-state index contributed by atoms with van der Waals surface area (Å²) in [6.45, 7) is 4.91. The molecule has 4 atom stereocenters. The van der Waals surface area contributed by atoms with Gasteiger partial charge in [0.1, 0.15) is 0 Å². The van der Waals surface area contributed by atoms with Crippen LogP contribution in [-0.2, 0) is 9.79 Å². The summed E-state index contributed by atoms with van der Waals surface area (Å²) < 4.78 is 7.18. The van der Waals surface area contributed by atoms with Gasteiger partial charge in [-0.15, -0.1) is 0 Å². The Labute approximate surface area is 209 Å². The number of Topliss-reactive ketones (excluding diaryl/α,β-unsaturated/α-hetero) is 2. The number of aromatic nitrogens is 2. The fourth-order valence-electron chi connectivity index (χ4n) is 4.97. The fraction of sp³-hybridized carbons (Fsp3) is 0.308. The quantitative estimate of drug-likeness (QED) is 0.429. The van der Waals surface area contributed by atoms with Crippen LogP contribution in [0.25, 0.3) is 0 Å². The monoisotopic (exact) mass is 508 g/mol. The molecular formula is C26H24N2O7S. The highest BCUT2D eigenvalue weighted by Gasteiger charge is 2.83. The molecule has 10 heteroatoms. The van der Waals surface area contributed by atoms with Crippen LogP contribution in [0, 0.1) is 20.8 Å². The summed E-state index contributed by atoms with van der Waals surface area (Å²) in [5.74, 6) is -1.46. The number of hydrogen-bond donors (Lipinski definition) is 3. The van der Waals surface area contributed by atoms with Crippen LogP contribution >= 0.6 is 11.8 Å². The maximum Gasteiger partial charge on any atom is 0.331 e. The van der Waals surface area contributed by atoms with Gasteiger partial charge in [-0.1, -0.05) is 60.3 Å². The minimum atomic E-state index is -2.37. The summed E-state index contributed by atoms with van der Waals surface area (Å²) in [7, 11) is 0. The molecule has 4 heterocycles. The van der Waals surface area contributed by atoms with Crippen molar-refractivity contribution < 1.29 is 24.5 Å². The molecule has 3 saturated heterocycles. The highest BCUT2D eigenvalue weighted by Crippen LogP contribution is 2.72. The van der Waals surface area contributed by atoms with E-state index in [9.17, 15) is 29.4 Å². The number of nitrogens with one attached hydrogen (secondary N) is 1. The van der Waals surface area contributed by atoms with E-state index in [1.54, 1.807) is 62.4 Å². The Balaban J connectivity index is 1.65. The van der Waals surface area contributed by atoms with E-state index in [1.807, 2.05) is 0 Å². The Morgan fingerprint density at radius 2 is 1.56 bits per heavy atom. The molecule has 9 nitrogen and oxygen atoms in total. The van der Waals surface area contributed by atoms with E-state index < -0.39 is 50.9 Å². The van der Waals surface area contributed by atoms with Crippen LogP contribution in [0.4, 0.5) is 0 Å². The van der Waals surface area contributed by atoms with Crippen molar-refractivity contribution in [2.45, 2.75) is 48.9 Å². The molecule has 3 aromatic rings. The van der Waals surface area contributed by atoms with Crippen LogP contribution in [0.5, 0.6) is 0 Å². The van der Waals surface area contributed by atoms with Crippen molar-refractivity contribution >= 4 is 23.3 Å². The summed E-state index contributed by atoms with van der Waals surface area (Å²) in [6.07, 6.45) is -1.09. The number of carbonyl (C=O) groups excluding carboxylic acids is 2. The van der Waals surface area contributed by atoms with Gasteiger partial charge in [-0.2, -0.15) is 0 Å². The first-order valence-electron chi connectivity index (χ1n) is 11.3. The Kier molecular flexibility index (Phi) is 5.49. The number of benzene rings is 2. The molecule has 0 spiro atoms. The summed E-state index contributed by atoms with van der Waals surface area (Å²) in [6, 6.07) is 13.3. The van der Waals surface area contributed by atoms with Crippen molar-refractivity contribution in [1.29, 1.82) is 0 Å². The van der Waals surface area contributed by atoms with Gasteiger partial charge in [0.05, 0.1) is 0 Å². The summed E-state index contributed by atoms with van der Waals surface area (Å²) in [4.78, 5) is 52.0. The fourth-order valence-corrected chi connectivity index (χ4v) is 6.74. The topological polar surface area (TPSA) is 139 Å². The van der Waals surface area contributed by atoms with Crippen LogP contribution in [0.2, 0.25) is 0 Å². The number of H-pyrrole nitrogens is 1. The lowest BCUT2D eigenvalue weighted by molar-refractivity contribution is -0.156. The predicted octanol–water partition coefficient (Wildman–Crippen LogP) is 1.79. The Morgan fingerprint density at radius 3 is 2.14 bits per heavy atom. The summed E-state index contributed by atoms with van der Waals surface area (Å²) in [5.41, 5.74) is -1.93. The van der Waals surface area contributed by atoms with Crippen LogP contribution in [0.15, 0.2) is 64.3 Å². The first-order valence-corrected chi connectivity index (χ1v) is 12.1. The number of aromatic amines is 1. The molecule has 0 aliphatic carbocycles. The number of rotatable bonds is 6. The van der Waals surface area contributed by atoms with Crippen LogP contribution in [0.3, 0.4) is 0 Å². The molecule has 186 valence electrons. The zero-order chi connectivity index (χ0) is 26.0. The third-order valence-corrected chi connectivity index (χ3v) is 8.64. The van der Waals surface area contributed by atoms with Gasteiger partial charge >= 0.3 is 5.69 Å². The summed E-state index contributed by atoms with van der Waals surface area (Å²) in [5, 5.41) is 21.7. The smallest absolute Gasteiger partial charge is 0.331 e. The first-order chi connectivity index (χ1) is 17.0. The highest BCUT2D eigenvalue weighted by atomic mass is 32.2. The van der Waals surface area contributed by atoms with Crippen molar-refractivity contribution in [2.24, 2.45) is 0 Å². The van der Waals surface area contributed by atoms with E-state index in [4.69, 9.17) is 4.74 Å². The van der Waals surface area contributed by atoms with Gasteiger partial charge in [0, 0.05) is 29.3 Å². The SMILES string of the molecule is Cc1ccccc1C(=O)C(O)[C@@]12O[C@@](n3cc(C)c(=O)[nH]c3=O)(C[C@@]1(O)C(=O)c1ccccc1C)S2. The van der Waals surface area contributed by atoms with E-state index in [2.05, 4.69) is 4.98 Å². The third kappa shape index (κ3) is 3.22. The maximum absolute atomic E-state index is 13.8. The van der Waals surface area contributed by atoms with Gasteiger partial charge in [0.25, 0.3) is 5.56 Å². The molecule has 1 aromatic heterocycles. The van der Waals surface area contributed by atoms with Crippen molar-refractivity contribution in [3.63, 3.8) is 0 Å². The number of nitrogens with zero attached hydrogens (tertiary/aromatic N) is 1. The molecule has 1 unspecified atom stereocenters. The number of aryl methyl sites for hydroxylation is 3. The van der Waals surface area contributed by atoms with Gasteiger partial charge in [0.2, 0.25) is 5.06 Å². The van der Waals surface area contributed by atoms with Gasteiger partial charge in [-0.05, 0) is 31.9 Å². The number of aliphatic hydroxyl groups excluding tert-OH is 1. The zero-order valence-corrected chi connectivity index (χ0v) is 20.6. The van der Waals surface area contributed by atoms with Gasteiger partial charge in [-0.25, -0.2) is 4.79 Å². The lowest BCUT2D eigenvalue weighted by atomic mass is 9.80. The van der Waals surface area contributed by atoms with E-state index in [0.29, 0.717) is 11.1 Å². The minimum absolute atomic E-state index is 0.201. The van der Waals surface area contributed by atoms with E-state index in [-0.39, 0.29) is 16.7 Å². The number of ether oxygens (including phenoxy) is 1. The Hall–Kier alpha value is -3.31. The maximum atomic E-state index is 13.8. The lowest BCUT2D eigenvalue weighted by Crippen LogP contribution is -2.66. The second-order valence-electron chi connectivity index (χ2n) is 9.29. The molecule has 0 amide bonds. The molecule has 0 saturated carbocycles. The number of ketones is 2. The first kappa shape index (κ1) is 24.4. The largest absolute Gasteiger partial charge is 0.381 e. The van der Waals surface area contributed by atoms with Crippen LogP contribution in [-0.4, -0.2) is 48.0 Å². The van der Waals surface area contributed by atoms with E-state index in [0.717, 1.165) is 16.3 Å². The molecule has 2 bridgehead atoms. The van der Waals surface area contributed by atoms with E-state index in [1.165, 1.54) is 13.1 Å². The Morgan fingerprint density at radius 1 is 1.00 bits per heavy atom. The van der Waals surface area contributed by atoms with Gasteiger partial charge in [-0.3, -0.25) is 23.9 Å². The van der Waals surface area contributed by atoms with Crippen molar-refractivity contribution in [1.82, 2.24) is 9.55 Å². The number of aliphatic hydroxyl groups is 2. The van der Waals surface area contributed by atoms with Crippen molar-refractivity contribution in [3.8, 4) is 0 Å². The van der Waals surface area contributed by atoms with Crippen LogP contribution in [0.1, 0.15) is 43.8 Å². The third-order valence-electron chi connectivity index (χ3n) is 6.95. The van der Waals surface area contributed by atoms with Gasteiger partial charge < -0.3 is 14.9 Å². The lowest BCUT2D eigenvalue weighted by Gasteiger charge is -2.50. The molecule has 3 N–H and O–H groups in total. The molecule has 2 aromatic carbocycles. The van der Waals surface area contributed by atoms with Crippen molar-refractivity contribution in [3.05, 3.63) is 103 Å². The van der Waals surface area contributed by atoms with Crippen LogP contribution < -0.4 is 11.2 Å².